The lowest BCUT2D eigenvalue weighted by Crippen LogP contribution is -2.45. The molecule has 1 saturated heterocycles. The number of nitrogens with zero attached hydrogens (tertiary/aromatic N) is 1. The zero-order valence-electron chi connectivity index (χ0n) is 14.4. The Labute approximate surface area is 142 Å². The summed E-state index contributed by atoms with van der Waals surface area (Å²) < 4.78 is 5.30. The molecular formula is C18H24N2O4. The van der Waals surface area contributed by atoms with Gasteiger partial charge < -0.3 is 15.0 Å². The van der Waals surface area contributed by atoms with Gasteiger partial charge in [0, 0.05) is 31.3 Å². The number of nitrogens with one attached hydrogen (secondary N) is 1. The summed E-state index contributed by atoms with van der Waals surface area (Å²) in [5, 5.41) is 2.65. The molecule has 0 aliphatic carbocycles. The highest BCUT2D eigenvalue weighted by Crippen LogP contribution is 2.23. The van der Waals surface area contributed by atoms with Gasteiger partial charge in [-0.3, -0.25) is 14.4 Å². The van der Waals surface area contributed by atoms with Crippen LogP contribution < -0.4 is 10.1 Å². The number of hydrogen-bond donors (Lipinski definition) is 1. The fraction of sp³-hybridized carbons (Fsp3) is 0.500. The molecule has 2 amide bonds. The van der Waals surface area contributed by atoms with Crippen molar-refractivity contribution in [3.05, 3.63) is 29.3 Å². The van der Waals surface area contributed by atoms with Crippen LogP contribution in [0, 0.1) is 5.92 Å². The van der Waals surface area contributed by atoms with Crippen molar-refractivity contribution in [1.29, 1.82) is 0 Å². The van der Waals surface area contributed by atoms with E-state index in [1.807, 2.05) is 0 Å². The Morgan fingerprint density at radius 3 is 2.71 bits per heavy atom. The molecule has 130 valence electrons. The highest BCUT2D eigenvalue weighted by molar-refractivity contribution is 5.94. The minimum absolute atomic E-state index is 0.0244. The number of benzene rings is 1. The topological polar surface area (TPSA) is 75.7 Å². The lowest BCUT2D eigenvalue weighted by molar-refractivity contribution is -0.135. The quantitative estimate of drug-likeness (QED) is 0.828. The minimum atomic E-state index is -0.154. The third-order valence-corrected chi connectivity index (χ3v) is 4.42. The molecular weight excluding hydrogens is 308 g/mol. The number of ether oxygens (including phenoxy) is 1. The van der Waals surface area contributed by atoms with E-state index in [0.717, 1.165) is 12.8 Å². The molecule has 0 radical (unpaired) electrons. The maximum absolute atomic E-state index is 12.6. The van der Waals surface area contributed by atoms with E-state index in [4.69, 9.17) is 4.74 Å². The summed E-state index contributed by atoms with van der Waals surface area (Å²) in [4.78, 5) is 37.7. The smallest absolute Gasteiger partial charge is 0.227 e. The van der Waals surface area contributed by atoms with Gasteiger partial charge in [0.25, 0.3) is 0 Å². The minimum Gasteiger partial charge on any atom is -0.496 e. The van der Waals surface area contributed by atoms with Crippen LogP contribution in [0.3, 0.4) is 0 Å². The van der Waals surface area contributed by atoms with Gasteiger partial charge in [-0.2, -0.15) is 0 Å². The van der Waals surface area contributed by atoms with Gasteiger partial charge in [0.2, 0.25) is 11.8 Å². The predicted octanol–water partition coefficient (Wildman–Crippen LogP) is 1.42. The normalized spacial score (nSPS) is 17.3. The lowest BCUT2D eigenvalue weighted by atomic mass is 9.96. The van der Waals surface area contributed by atoms with E-state index in [0.29, 0.717) is 30.0 Å². The highest BCUT2D eigenvalue weighted by Gasteiger charge is 2.28. The number of amides is 2. The molecule has 0 aromatic heterocycles. The zero-order valence-corrected chi connectivity index (χ0v) is 14.4. The summed E-state index contributed by atoms with van der Waals surface area (Å²) in [6.07, 6.45) is 1.77. The molecule has 1 aliphatic rings. The number of carbonyl (C=O) groups is 3. The van der Waals surface area contributed by atoms with Crippen molar-refractivity contribution in [2.75, 3.05) is 27.2 Å². The monoisotopic (exact) mass is 332 g/mol. The van der Waals surface area contributed by atoms with Gasteiger partial charge in [0.05, 0.1) is 19.4 Å². The molecule has 0 saturated carbocycles. The number of likely N-dealkylation sites (tertiary alicyclic amines) is 1. The number of hydrogen-bond acceptors (Lipinski definition) is 4. The molecule has 1 fully saturated rings. The third kappa shape index (κ3) is 4.13. The standard InChI is InChI=1S/C18H24N2O4/c1-12(21)13-6-7-16(24-3)15(9-13)10-17(22)20-8-4-5-14(11-20)18(23)19-2/h6-7,9,14H,4-5,8,10-11H2,1-3H3,(H,19,23). The van der Waals surface area contributed by atoms with Gasteiger partial charge in [-0.25, -0.2) is 0 Å². The van der Waals surface area contributed by atoms with Crippen LogP contribution in [0.1, 0.15) is 35.7 Å². The van der Waals surface area contributed by atoms with Crippen LogP contribution in [0.5, 0.6) is 5.75 Å². The predicted molar refractivity (Wildman–Crippen MR) is 90.1 cm³/mol. The average molecular weight is 332 g/mol. The second-order valence-corrected chi connectivity index (χ2v) is 6.05. The molecule has 1 heterocycles. The number of Topliss-reactive ketones (excluding diaryl/α,β-unsaturated/α-hetero) is 1. The molecule has 6 nitrogen and oxygen atoms in total. The van der Waals surface area contributed by atoms with E-state index in [1.54, 1.807) is 37.3 Å². The van der Waals surface area contributed by atoms with E-state index < -0.39 is 0 Å². The van der Waals surface area contributed by atoms with E-state index in [-0.39, 0.29) is 29.9 Å². The van der Waals surface area contributed by atoms with Crippen molar-refractivity contribution in [2.45, 2.75) is 26.2 Å². The first-order valence-corrected chi connectivity index (χ1v) is 8.13. The largest absolute Gasteiger partial charge is 0.496 e. The van der Waals surface area contributed by atoms with Crippen molar-refractivity contribution in [1.82, 2.24) is 10.2 Å². The van der Waals surface area contributed by atoms with Crippen LogP contribution in [-0.4, -0.2) is 49.7 Å². The van der Waals surface area contributed by atoms with Crippen LogP contribution in [0.4, 0.5) is 0 Å². The first kappa shape index (κ1) is 18.0. The molecule has 1 aromatic carbocycles. The molecule has 1 atom stereocenters. The summed E-state index contributed by atoms with van der Waals surface area (Å²) in [6.45, 7) is 2.58. The maximum Gasteiger partial charge on any atom is 0.227 e. The molecule has 2 rings (SSSR count). The van der Waals surface area contributed by atoms with Crippen molar-refractivity contribution < 1.29 is 19.1 Å². The molecule has 0 bridgehead atoms. The van der Waals surface area contributed by atoms with E-state index in [9.17, 15) is 14.4 Å². The second-order valence-electron chi connectivity index (χ2n) is 6.05. The van der Waals surface area contributed by atoms with Gasteiger partial charge >= 0.3 is 0 Å². The number of piperidine rings is 1. The summed E-state index contributed by atoms with van der Waals surface area (Å²) in [5.41, 5.74) is 1.25. The van der Waals surface area contributed by atoms with E-state index >= 15 is 0 Å². The van der Waals surface area contributed by atoms with E-state index in [2.05, 4.69) is 5.32 Å². The first-order chi connectivity index (χ1) is 11.5. The Morgan fingerprint density at radius 2 is 2.08 bits per heavy atom. The Kier molecular flexibility index (Phi) is 5.95. The Balaban J connectivity index is 2.12. The van der Waals surface area contributed by atoms with Crippen LogP contribution in [0.15, 0.2) is 18.2 Å². The molecule has 6 heteroatoms. The molecule has 1 aliphatic heterocycles. The fourth-order valence-electron chi connectivity index (χ4n) is 3.03. The van der Waals surface area contributed by atoms with Crippen LogP contribution in [0.2, 0.25) is 0 Å². The van der Waals surface area contributed by atoms with Crippen molar-refractivity contribution in [3.8, 4) is 5.75 Å². The Bertz CT molecular complexity index is 642. The average Bonchev–Trinajstić information content (AvgIpc) is 2.60. The first-order valence-electron chi connectivity index (χ1n) is 8.13. The molecule has 1 unspecified atom stereocenters. The Morgan fingerprint density at radius 1 is 1.33 bits per heavy atom. The Hall–Kier alpha value is -2.37. The number of ketones is 1. The van der Waals surface area contributed by atoms with Gasteiger partial charge in [-0.05, 0) is 38.0 Å². The van der Waals surface area contributed by atoms with Crippen molar-refractivity contribution in [3.63, 3.8) is 0 Å². The van der Waals surface area contributed by atoms with Gasteiger partial charge in [0.15, 0.2) is 5.78 Å². The summed E-state index contributed by atoms with van der Waals surface area (Å²) in [6, 6.07) is 5.11. The maximum atomic E-state index is 12.6. The summed E-state index contributed by atoms with van der Waals surface area (Å²) in [7, 11) is 3.15. The molecule has 1 N–H and O–H groups in total. The van der Waals surface area contributed by atoms with Crippen LogP contribution in [-0.2, 0) is 16.0 Å². The third-order valence-electron chi connectivity index (χ3n) is 4.42. The fourth-order valence-corrected chi connectivity index (χ4v) is 3.03. The zero-order chi connectivity index (χ0) is 17.7. The molecule has 1 aromatic rings. The van der Waals surface area contributed by atoms with E-state index in [1.165, 1.54) is 6.92 Å². The molecule has 24 heavy (non-hydrogen) atoms. The number of methoxy groups -OCH3 is 1. The number of rotatable bonds is 5. The van der Waals surface area contributed by atoms with Gasteiger partial charge in [0.1, 0.15) is 5.75 Å². The van der Waals surface area contributed by atoms with Crippen molar-refractivity contribution in [2.24, 2.45) is 5.92 Å². The second kappa shape index (κ2) is 7.95. The van der Waals surface area contributed by atoms with Crippen LogP contribution in [0.25, 0.3) is 0 Å². The van der Waals surface area contributed by atoms with Gasteiger partial charge in [-0.1, -0.05) is 0 Å². The summed E-state index contributed by atoms with van der Waals surface area (Å²) in [5.74, 6) is 0.307. The van der Waals surface area contributed by atoms with Gasteiger partial charge in [-0.15, -0.1) is 0 Å². The molecule has 0 spiro atoms. The lowest BCUT2D eigenvalue weighted by Gasteiger charge is -2.32. The van der Waals surface area contributed by atoms with Crippen molar-refractivity contribution >= 4 is 17.6 Å². The van der Waals surface area contributed by atoms with Crippen LogP contribution >= 0.6 is 0 Å². The highest BCUT2D eigenvalue weighted by atomic mass is 16.5. The SMILES string of the molecule is CNC(=O)C1CCCN(C(=O)Cc2cc(C(C)=O)ccc2OC)C1. The summed E-state index contributed by atoms with van der Waals surface area (Å²) >= 11 is 0. The number of carbonyl (C=O) groups excluding carboxylic acids is 3.